The van der Waals surface area contributed by atoms with Crippen LogP contribution in [0.15, 0.2) is 54.6 Å². The molecule has 0 aliphatic heterocycles. The predicted molar refractivity (Wildman–Crippen MR) is 164 cm³/mol. The van der Waals surface area contributed by atoms with Crippen LogP contribution in [-0.2, 0) is 19.1 Å². The van der Waals surface area contributed by atoms with E-state index in [0.717, 1.165) is 16.8 Å². The SMILES string of the molecule is CC(NC(=O)OC(C)(C)C)C(=O)Nc1ccc(-c2cc(-c3ccc(NC(=O)C(C)NC(=O)OC(C)(C)C)cc3)[nH]n2)cc1. The first-order valence-electron chi connectivity index (χ1n) is 13.9. The van der Waals surface area contributed by atoms with E-state index in [2.05, 4.69) is 31.5 Å². The third-order valence-electron chi connectivity index (χ3n) is 5.74. The molecule has 0 bridgehead atoms. The van der Waals surface area contributed by atoms with Gasteiger partial charge in [-0.05, 0) is 91.3 Å². The monoisotopic (exact) mass is 592 g/mol. The molecule has 5 N–H and O–H groups in total. The fraction of sp³-hybridized carbons (Fsp3) is 0.387. The van der Waals surface area contributed by atoms with Crippen LogP contribution in [0.25, 0.3) is 22.5 Å². The maximum Gasteiger partial charge on any atom is 0.408 e. The number of benzene rings is 2. The number of nitrogens with one attached hydrogen (secondary N) is 5. The van der Waals surface area contributed by atoms with Gasteiger partial charge in [0.25, 0.3) is 0 Å². The number of hydrogen-bond acceptors (Lipinski definition) is 7. The first-order valence-corrected chi connectivity index (χ1v) is 13.9. The van der Waals surface area contributed by atoms with Crippen molar-refractivity contribution >= 4 is 35.4 Å². The number of aromatic nitrogens is 2. The molecule has 0 radical (unpaired) electrons. The van der Waals surface area contributed by atoms with Crippen molar-refractivity contribution in [2.24, 2.45) is 0 Å². The summed E-state index contributed by atoms with van der Waals surface area (Å²) in [6, 6.07) is 14.6. The zero-order valence-electron chi connectivity index (χ0n) is 25.7. The van der Waals surface area contributed by atoms with E-state index in [1.54, 1.807) is 79.7 Å². The Balaban J connectivity index is 1.55. The molecule has 4 amide bonds. The standard InChI is InChI=1S/C31H40N6O6/c1-18(32-28(40)42-30(3,4)5)26(38)34-22-13-9-20(10-14-22)24-17-25(37-36-24)21-11-15-23(16-12-21)35-27(39)19(2)33-29(41)43-31(6,7)8/h9-19H,1-8H3,(H,32,40)(H,33,41)(H,34,38)(H,35,39)(H,36,37). The normalized spacial score (nSPS) is 12.8. The Kier molecular flexibility index (Phi) is 10.2. The molecule has 0 saturated heterocycles. The highest BCUT2D eigenvalue weighted by molar-refractivity contribution is 5.97. The molecule has 1 aromatic heterocycles. The maximum absolute atomic E-state index is 12.5. The van der Waals surface area contributed by atoms with Crippen LogP contribution in [0.5, 0.6) is 0 Å². The van der Waals surface area contributed by atoms with Gasteiger partial charge in [0.05, 0.1) is 11.4 Å². The summed E-state index contributed by atoms with van der Waals surface area (Å²) < 4.78 is 10.4. The van der Waals surface area contributed by atoms with Gasteiger partial charge in [0, 0.05) is 16.9 Å². The summed E-state index contributed by atoms with van der Waals surface area (Å²) in [4.78, 5) is 48.8. The smallest absolute Gasteiger partial charge is 0.408 e. The molecule has 2 aromatic carbocycles. The lowest BCUT2D eigenvalue weighted by atomic mass is 10.1. The first-order chi connectivity index (χ1) is 20.0. The Morgan fingerprint density at radius 3 is 1.47 bits per heavy atom. The van der Waals surface area contributed by atoms with Gasteiger partial charge >= 0.3 is 12.2 Å². The van der Waals surface area contributed by atoms with Crippen molar-refractivity contribution in [3.8, 4) is 22.5 Å². The second-order valence-corrected chi connectivity index (χ2v) is 12.0. The van der Waals surface area contributed by atoms with Gasteiger partial charge < -0.3 is 30.7 Å². The lowest BCUT2D eigenvalue weighted by molar-refractivity contribution is -0.118. The summed E-state index contributed by atoms with van der Waals surface area (Å²) in [6.07, 6.45) is -1.33. The lowest BCUT2D eigenvalue weighted by Crippen LogP contribution is -2.43. The summed E-state index contributed by atoms with van der Waals surface area (Å²) in [7, 11) is 0. The average Bonchev–Trinajstić information content (AvgIpc) is 3.37. The van der Waals surface area contributed by atoms with Crippen molar-refractivity contribution in [3.05, 3.63) is 54.6 Å². The molecular weight excluding hydrogens is 552 g/mol. The highest BCUT2D eigenvalue weighted by atomic mass is 16.6. The lowest BCUT2D eigenvalue weighted by Gasteiger charge is -2.21. The van der Waals surface area contributed by atoms with Crippen molar-refractivity contribution in [1.29, 1.82) is 0 Å². The van der Waals surface area contributed by atoms with Gasteiger partial charge in [-0.25, -0.2) is 9.59 Å². The number of hydrogen-bond donors (Lipinski definition) is 5. The van der Waals surface area contributed by atoms with Gasteiger partial charge in [0.15, 0.2) is 0 Å². The van der Waals surface area contributed by atoms with Crippen molar-refractivity contribution in [2.75, 3.05) is 10.6 Å². The van der Waals surface area contributed by atoms with Gasteiger partial charge in [-0.15, -0.1) is 0 Å². The Hall–Kier alpha value is -4.87. The Labute approximate surface area is 251 Å². The molecule has 0 aliphatic carbocycles. The molecular formula is C31H40N6O6. The highest BCUT2D eigenvalue weighted by Crippen LogP contribution is 2.26. The number of nitrogens with zero attached hydrogens (tertiary/aromatic N) is 1. The number of carbonyl (C=O) groups excluding carboxylic acids is 4. The summed E-state index contributed by atoms with van der Waals surface area (Å²) in [5.74, 6) is -0.759. The van der Waals surface area contributed by atoms with E-state index in [4.69, 9.17) is 9.47 Å². The molecule has 0 fully saturated rings. The number of anilines is 2. The zero-order chi connectivity index (χ0) is 31.9. The topological polar surface area (TPSA) is 164 Å². The molecule has 12 nitrogen and oxygen atoms in total. The number of rotatable bonds is 8. The molecule has 3 aromatic rings. The van der Waals surface area contributed by atoms with Crippen molar-refractivity contribution in [1.82, 2.24) is 20.8 Å². The Morgan fingerprint density at radius 2 is 1.07 bits per heavy atom. The molecule has 2 atom stereocenters. The van der Waals surface area contributed by atoms with Gasteiger partial charge in [-0.1, -0.05) is 24.3 Å². The largest absolute Gasteiger partial charge is 0.444 e. The quantitative estimate of drug-likeness (QED) is 0.232. The minimum atomic E-state index is -0.791. The number of ether oxygens (including phenoxy) is 2. The van der Waals surface area contributed by atoms with Crippen LogP contribution >= 0.6 is 0 Å². The number of H-pyrrole nitrogens is 1. The number of alkyl carbamates (subject to hydrolysis) is 2. The highest BCUT2D eigenvalue weighted by Gasteiger charge is 2.22. The molecule has 3 rings (SSSR count). The second kappa shape index (κ2) is 13.4. The minimum absolute atomic E-state index is 0.379. The molecule has 0 spiro atoms. The third kappa shape index (κ3) is 10.5. The predicted octanol–water partition coefficient (Wildman–Crippen LogP) is 5.45. The van der Waals surface area contributed by atoms with E-state index in [1.807, 2.05) is 30.3 Å². The molecule has 2 unspecified atom stereocenters. The van der Waals surface area contributed by atoms with Crippen LogP contribution in [0.1, 0.15) is 55.4 Å². The zero-order valence-corrected chi connectivity index (χ0v) is 25.7. The molecule has 0 aliphatic rings. The molecule has 1 heterocycles. The summed E-state index contributed by atoms with van der Waals surface area (Å²) in [5.41, 5.74) is 2.97. The Bertz CT molecular complexity index is 1330. The number of carbonyl (C=O) groups is 4. The van der Waals surface area contributed by atoms with E-state index in [1.165, 1.54) is 0 Å². The van der Waals surface area contributed by atoms with Gasteiger partial charge in [-0.2, -0.15) is 5.10 Å². The fourth-order valence-electron chi connectivity index (χ4n) is 3.68. The van der Waals surface area contributed by atoms with E-state index < -0.39 is 35.5 Å². The van der Waals surface area contributed by atoms with Gasteiger partial charge in [0.2, 0.25) is 11.8 Å². The maximum atomic E-state index is 12.5. The first kappa shape index (κ1) is 32.6. The van der Waals surface area contributed by atoms with E-state index >= 15 is 0 Å². The number of amides is 4. The van der Waals surface area contributed by atoms with E-state index in [0.29, 0.717) is 17.1 Å². The molecule has 230 valence electrons. The summed E-state index contributed by atoms with van der Waals surface area (Å²) in [6.45, 7) is 13.6. The van der Waals surface area contributed by atoms with Crippen LogP contribution < -0.4 is 21.3 Å². The van der Waals surface area contributed by atoms with Crippen LogP contribution in [0.4, 0.5) is 21.0 Å². The van der Waals surface area contributed by atoms with Crippen molar-refractivity contribution in [2.45, 2.75) is 78.7 Å². The molecule has 43 heavy (non-hydrogen) atoms. The van der Waals surface area contributed by atoms with Gasteiger partial charge in [0.1, 0.15) is 23.3 Å². The minimum Gasteiger partial charge on any atom is -0.444 e. The van der Waals surface area contributed by atoms with E-state index in [-0.39, 0.29) is 11.8 Å². The summed E-state index contributed by atoms with van der Waals surface area (Å²) in [5, 5.41) is 18.0. The van der Waals surface area contributed by atoms with Crippen molar-refractivity contribution < 1.29 is 28.7 Å². The van der Waals surface area contributed by atoms with Crippen LogP contribution in [0, 0.1) is 0 Å². The van der Waals surface area contributed by atoms with Crippen LogP contribution in [0.3, 0.4) is 0 Å². The average molecular weight is 593 g/mol. The van der Waals surface area contributed by atoms with Crippen LogP contribution in [-0.4, -0.2) is 57.5 Å². The Morgan fingerprint density at radius 1 is 0.674 bits per heavy atom. The van der Waals surface area contributed by atoms with Gasteiger partial charge in [-0.3, -0.25) is 14.7 Å². The second-order valence-electron chi connectivity index (χ2n) is 12.0. The molecule has 0 saturated carbocycles. The summed E-state index contributed by atoms with van der Waals surface area (Å²) >= 11 is 0. The fourth-order valence-corrected chi connectivity index (χ4v) is 3.68. The van der Waals surface area contributed by atoms with E-state index in [9.17, 15) is 19.2 Å². The van der Waals surface area contributed by atoms with Crippen LogP contribution in [0.2, 0.25) is 0 Å². The third-order valence-corrected chi connectivity index (χ3v) is 5.74. The molecule has 12 heteroatoms. The van der Waals surface area contributed by atoms with Crippen molar-refractivity contribution in [3.63, 3.8) is 0 Å². The number of aromatic amines is 1.